The summed E-state index contributed by atoms with van der Waals surface area (Å²) in [7, 11) is -3.20. The minimum absolute atomic E-state index is 0.129. The Labute approximate surface area is 103 Å². The second-order valence-electron chi connectivity index (χ2n) is 4.35. The highest BCUT2D eigenvalue weighted by Gasteiger charge is 2.19. The molecule has 0 aliphatic heterocycles. The van der Waals surface area contributed by atoms with Gasteiger partial charge in [0.2, 0.25) is 0 Å². The molecule has 0 aliphatic rings. The molecule has 1 rings (SSSR count). The van der Waals surface area contributed by atoms with E-state index in [9.17, 15) is 8.42 Å². The van der Waals surface area contributed by atoms with E-state index >= 15 is 0 Å². The van der Waals surface area contributed by atoms with Gasteiger partial charge in [0.05, 0.1) is 10.1 Å². The fraction of sp³-hybridized carbons (Fsp3) is 0.500. The first kappa shape index (κ1) is 14.2. The zero-order chi connectivity index (χ0) is 13.1. The third-order valence-corrected chi connectivity index (χ3v) is 4.91. The van der Waals surface area contributed by atoms with Crippen molar-refractivity contribution in [2.75, 3.05) is 6.54 Å². The number of benzene rings is 1. The van der Waals surface area contributed by atoms with Crippen LogP contribution in [-0.2, 0) is 9.84 Å². The second kappa shape index (κ2) is 5.62. The lowest BCUT2D eigenvalue weighted by Crippen LogP contribution is -2.16. The molecule has 0 spiro atoms. The lowest BCUT2D eigenvalue weighted by Gasteiger charge is -2.12. The largest absolute Gasteiger partial charge is 0.330 e. The van der Waals surface area contributed by atoms with Crippen molar-refractivity contribution in [1.82, 2.24) is 0 Å². The van der Waals surface area contributed by atoms with Crippen molar-refractivity contribution in [2.24, 2.45) is 11.5 Å². The van der Waals surface area contributed by atoms with E-state index in [4.69, 9.17) is 11.5 Å². The average Bonchev–Trinajstić information content (AvgIpc) is 2.29. The summed E-state index contributed by atoms with van der Waals surface area (Å²) in [6.07, 6.45) is 0.691. The Hall–Kier alpha value is -0.910. The van der Waals surface area contributed by atoms with E-state index in [1.807, 2.05) is 0 Å². The quantitative estimate of drug-likeness (QED) is 0.829. The van der Waals surface area contributed by atoms with Crippen LogP contribution in [0.2, 0.25) is 0 Å². The fourth-order valence-corrected chi connectivity index (χ4v) is 2.58. The average molecular weight is 256 g/mol. The van der Waals surface area contributed by atoms with E-state index in [1.165, 1.54) is 0 Å². The van der Waals surface area contributed by atoms with Crippen LogP contribution in [0.3, 0.4) is 0 Å². The molecule has 5 heteroatoms. The van der Waals surface area contributed by atoms with Crippen molar-refractivity contribution in [1.29, 1.82) is 0 Å². The molecule has 1 aromatic rings. The van der Waals surface area contributed by atoms with E-state index in [0.717, 1.165) is 5.56 Å². The van der Waals surface area contributed by atoms with Crippen LogP contribution in [0.15, 0.2) is 29.2 Å². The van der Waals surface area contributed by atoms with Gasteiger partial charge in [0.1, 0.15) is 0 Å². The van der Waals surface area contributed by atoms with E-state index in [0.29, 0.717) is 17.9 Å². The summed E-state index contributed by atoms with van der Waals surface area (Å²) in [4.78, 5) is 0.344. The van der Waals surface area contributed by atoms with Crippen molar-refractivity contribution < 1.29 is 8.42 Å². The first-order chi connectivity index (χ1) is 7.89. The van der Waals surface area contributed by atoms with Gasteiger partial charge in [-0.3, -0.25) is 0 Å². The van der Waals surface area contributed by atoms with E-state index in [1.54, 1.807) is 38.1 Å². The molecule has 0 fully saturated rings. The minimum atomic E-state index is -3.20. The van der Waals surface area contributed by atoms with E-state index < -0.39 is 15.1 Å². The number of nitrogens with two attached hydrogens (primary N) is 2. The second-order valence-corrected chi connectivity index (χ2v) is 6.85. The lowest BCUT2D eigenvalue weighted by molar-refractivity contribution is 0.587. The molecule has 17 heavy (non-hydrogen) atoms. The summed E-state index contributed by atoms with van der Waals surface area (Å²) in [5.74, 6) is 0. The molecule has 4 N–H and O–H groups in total. The van der Waals surface area contributed by atoms with Gasteiger partial charge in [0, 0.05) is 6.04 Å². The van der Waals surface area contributed by atoms with Crippen LogP contribution in [0, 0.1) is 0 Å². The number of hydrogen-bond acceptors (Lipinski definition) is 4. The maximum absolute atomic E-state index is 11.9. The molecule has 1 aromatic carbocycles. The van der Waals surface area contributed by atoms with E-state index in [2.05, 4.69) is 0 Å². The topological polar surface area (TPSA) is 86.2 Å². The van der Waals surface area contributed by atoms with Crippen molar-refractivity contribution >= 4 is 9.84 Å². The number of hydrogen-bond donors (Lipinski definition) is 2. The third-order valence-electron chi connectivity index (χ3n) is 2.74. The summed E-state index contributed by atoms with van der Waals surface area (Å²) in [5, 5.41) is -0.411. The van der Waals surface area contributed by atoms with Gasteiger partial charge < -0.3 is 11.5 Å². The first-order valence-corrected chi connectivity index (χ1v) is 7.23. The van der Waals surface area contributed by atoms with Crippen LogP contribution >= 0.6 is 0 Å². The van der Waals surface area contributed by atoms with Gasteiger partial charge in [-0.1, -0.05) is 12.1 Å². The molecular weight excluding hydrogens is 236 g/mol. The van der Waals surface area contributed by atoms with Gasteiger partial charge in [-0.2, -0.15) is 0 Å². The van der Waals surface area contributed by atoms with Crippen molar-refractivity contribution in [2.45, 2.75) is 36.5 Å². The van der Waals surface area contributed by atoms with Crippen LogP contribution in [0.5, 0.6) is 0 Å². The predicted octanol–water partition coefficient (Wildman–Crippen LogP) is 1.22. The molecule has 0 amide bonds. The molecule has 96 valence electrons. The van der Waals surface area contributed by atoms with Crippen LogP contribution in [0.1, 0.15) is 31.9 Å². The highest BCUT2D eigenvalue weighted by atomic mass is 32.2. The standard InChI is InChI=1S/C12H20N2O2S/c1-9(2)17(15,16)11-5-3-10(4-6-11)12(14)7-8-13/h3-6,9,12H,7-8,13-14H2,1-2H3. The highest BCUT2D eigenvalue weighted by Crippen LogP contribution is 2.19. The summed E-state index contributed by atoms with van der Waals surface area (Å²) >= 11 is 0. The van der Waals surface area contributed by atoms with Crippen molar-refractivity contribution in [3.63, 3.8) is 0 Å². The fourth-order valence-electron chi connectivity index (χ4n) is 1.52. The SMILES string of the molecule is CC(C)S(=O)(=O)c1ccc(C(N)CCN)cc1. The Bertz CT molecular complexity index is 452. The molecule has 1 atom stereocenters. The zero-order valence-electron chi connectivity index (χ0n) is 10.3. The molecule has 0 aliphatic carbocycles. The van der Waals surface area contributed by atoms with Gasteiger partial charge >= 0.3 is 0 Å². The van der Waals surface area contributed by atoms with Crippen LogP contribution in [0.4, 0.5) is 0 Å². The normalized spacial score (nSPS) is 13.9. The predicted molar refractivity (Wildman–Crippen MR) is 69.4 cm³/mol. The van der Waals surface area contributed by atoms with Crippen molar-refractivity contribution in [3.8, 4) is 0 Å². The zero-order valence-corrected chi connectivity index (χ0v) is 11.1. The maximum atomic E-state index is 11.9. The van der Waals surface area contributed by atoms with Gasteiger partial charge in [-0.25, -0.2) is 8.42 Å². The van der Waals surface area contributed by atoms with Crippen LogP contribution < -0.4 is 11.5 Å². The summed E-state index contributed by atoms with van der Waals surface area (Å²) in [6.45, 7) is 3.86. The summed E-state index contributed by atoms with van der Waals surface area (Å²) in [5.41, 5.74) is 12.2. The highest BCUT2D eigenvalue weighted by molar-refractivity contribution is 7.92. The first-order valence-electron chi connectivity index (χ1n) is 5.69. The van der Waals surface area contributed by atoms with Gasteiger partial charge in [-0.15, -0.1) is 0 Å². The van der Waals surface area contributed by atoms with E-state index in [-0.39, 0.29) is 6.04 Å². The van der Waals surface area contributed by atoms with Crippen molar-refractivity contribution in [3.05, 3.63) is 29.8 Å². The Kier molecular flexibility index (Phi) is 4.68. The Morgan fingerprint density at radius 1 is 1.18 bits per heavy atom. The van der Waals surface area contributed by atoms with Gasteiger partial charge in [-0.05, 0) is 44.5 Å². The molecule has 0 radical (unpaired) electrons. The lowest BCUT2D eigenvalue weighted by atomic mass is 10.1. The summed E-state index contributed by atoms with van der Waals surface area (Å²) < 4.78 is 23.8. The molecule has 0 heterocycles. The molecule has 1 unspecified atom stereocenters. The minimum Gasteiger partial charge on any atom is -0.330 e. The monoisotopic (exact) mass is 256 g/mol. The maximum Gasteiger partial charge on any atom is 0.180 e. The molecule has 0 saturated heterocycles. The molecule has 0 aromatic heterocycles. The smallest absolute Gasteiger partial charge is 0.180 e. The summed E-state index contributed by atoms with van der Waals surface area (Å²) in [6, 6.07) is 6.61. The number of rotatable bonds is 5. The molecule has 0 saturated carbocycles. The Morgan fingerprint density at radius 2 is 1.71 bits per heavy atom. The van der Waals surface area contributed by atoms with Crippen LogP contribution in [0.25, 0.3) is 0 Å². The number of sulfone groups is 1. The third kappa shape index (κ3) is 3.28. The van der Waals surface area contributed by atoms with Gasteiger partial charge in [0.25, 0.3) is 0 Å². The van der Waals surface area contributed by atoms with Gasteiger partial charge in [0.15, 0.2) is 9.84 Å². The van der Waals surface area contributed by atoms with Crippen LogP contribution in [-0.4, -0.2) is 20.2 Å². The molecular formula is C12H20N2O2S. The Balaban J connectivity index is 2.96. The Morgan fingerprint density at radius 3 is 2.12 bits per heavy atom. The molecule has 0 bridgehead atoms. The molecule has 4 nitrogen and oxygen atoms in total.